The van der Waals surface area contributed by atoms with Crippen molar-refractivity contribution in [3.05, 3.63) is 261 Å². The average molecular weight is 1460 g/mol. The number of hydrogen-bond acceptors (Lipinski definition) is 10. The molecule has 0 atom stereocenters. The maximum atomic E-state index is 12.7. The Bertz CT molecular complexity index is 3330. The Labute approximate surface area is 654 Å². The predicted octanol–water partition coefficient (Wildman–Crippen LogP) is 5.92. The molecule has 0 aromatic heterocycles. The van der Waals surface area contributed by atoms with E-state index in [-0.39, 0.29) is 94.4 Å². The van der Waals surface area contributed by atoms with E-state index in [1.165, 1.54) is 22.3 Å². The van der Waals surface area contributed by atoms with Gasteiger partial charge in [-0.1, -0.05) is 215 Å². The van der Waals surface area contributed by atoms with Crippen molar-refractivity contribution in [3.8, 4) is 0 Å². The smallest absolute Gasteiger partial charge is 1.00 e. The molecule has 0 bridgehead atoms. The van der Waals surface area contributed by atoms with Gasteiger partial charge in [0.1, 0.15) is 39.3 Å². The summed E-state index contributed by atoms with van der Waals surface area (Å²) in [7, 11) is 0. The number of halogens is 2. The van der Waals surface area contributed by atoms with Gasteiger partial charge in [0.15, 0.2) is 0 Å². The number of anilines is 1. The maximum Gasteiger partial charge on any atom is 1.00 e. The fraction of sp³-hybridized carbons (Fsp3) is 0.388. The SMILES string of the molecule is CCN(CC)CC(=O)Nc1c(C)cccc1C.CC[N+](CC)(CC([O-])=Nc1c(C)cccc1C)Cc1ccccc1.CC[N+](CC)(CC([O-])=Nc1c(C)cccc1C)Cc1ccccc1.CC[N+](CC)(CC([O-])=Nc1c(C)cccc1C)Cc1ccccc1.CCc1ccccc1.O.[Cl-].[Cl-].[Na+].[OH-].[OH-]. The van der Waals surface area contributed by atoms with Crippen molar-refractivity contribution < 1.29 is 104 Å². The number of aryl methyl sites for hydroxylation is 9. The second kappa shape index (κ2) is 52.8. The molecule has 0 aliphatic heterocycles. The van der Waals surface area contributed by atoms with Gasteiger partial charge in [-0.3, -0.25) is 24.7 Å². The molecule has 18 heteroatoms. The monoisotopic (exact) mass is 1460 g/mol. The van der Waals surface area contributed by atoms with Gasteiger partial charge < -0.3 is 75.3 Å². The molecular formula is C85H120Cl2N8NaO7-3. The number of rotatable bonds is 27. The first-order valence-corrected chi connectivity index (χ1v) is 35.2. The van der Waals surface area contributed by atoms with Gasteiger partial charge in [-0.05, 0) is 167 Å². The fourth-order valence-electron chi connectivity index (χ4n) is 11.9. The van der Waals surface area contributed by atoms with Crippen LogP contribution in [0.1, 0.15) is 129 Å². The predicted molar refractivity (Wildman–Crippen MR) is 414 cm³/mol. The molecule has 1 amide bonds. The van der Waals surface area contributed by atoms with Gasteiger partial charge in [-0.15, -0.1) is 0 Å². The van der Waals surface area contributed by atoms with E-state index in [9.17, 15) is 20.1 Å². The summed E-state index contributed by atoms with van der Waals surface area (Å²) in [4.78, 5) is 27.3. The Balaban J connectivity index is -0.00000123. The normalized spacial score (nSPS) is 11.1. The van der Waals surface area contributed by atoms with Crippen LogP contribution in [0.15, 0.2) is 209 Å². The minimum Gasteiger partial charge on any atom is -1.00 e. The van der Waals surface area contributed by atoms with Gasteiger partial charge in [-0.25, -0.2) is 0 Å². The van der Waals surface area contributed by atoms with Gasteiger partial charge in [-0.2, -0.15) is 0 Å². The van der Waals surface area contributed by atoms with E-state index in [4.69, 9.17) is 0 Å². The molecule has 0 aliphatic carbocycles. The number of aliphatic imine (C=N–C) groups is 3. The van der Waals surface area contributed by atoms with E-state index in [0.29, 0.717) is 26.2 Å². The van der Waals surface area contributed by atoms with Crippen molar-refractivity contribution in [2.75, 3.05) is 83.9 Å². The number of quaternary nitrogens is 3. The van der Waals surface area contributed by atoms with Crippen LogP contribution in [0.25, 0.3) is 0 Å². The first-order chi connectivity index (χ1) is 46.5. The topological polar surface area (TPSA) is 230 Å². The van der Waals surface area contributed by atoms with Crippen LogP contribution in [0.2, 0.25) is 0 Å². The summed E-state index contributed by atoms with van der Waals surface area (Å²) in [6, 6.07) is 65.7. The first-order valence-electron chi connectivity index (χ1n) is 35.2. The standard InChI is InChI=1S/3C21H28N2O.C14H22N2O.C8H10.2ClH.Na.3H2O/c3*1-5-23(6-2,15-19-13-8-7-9-14-19)16-20(24)22-21-17(3)11-10-12-18(21)4;1-5-16(6-2)10-13(17)15-14-11(3)8-7-9-12(14)4;1-2-8-6-4-3-5-7-8;;;;;;/h3*7-14H,5-6,15-16H2,1-4H3;7-9H,5-6,10H2,1-4H3,(H,15,17);3-7H,2H2,1H3;2*1H;;3*1H2/q;;;;;;;+1;;;/p-4. The van der Waals surface area contributed by atoms with E-state index in [2.05, 4.69) is 185 Å². The van der Waals surface area contributed by atoms with E-state index in [1.807, 2.05) is 152 Å². The maximum absolute atomic E-state index is 12.7. The third-order valence-electron chi connectivity index (χ3n) is 18.8. The van der Waals surface area contributed by atoms with Crippen molar-refractivity contribution in [1.82, 2.24) is 4.90 Å². The Morgan fingerprint density at radius 1 is 0.359 bits per heavy atom. The molecule has 8 aromatic carbocycles. The third kappa shape index (κ3) is 34.2. The number of likely N-dealkylation sites (N-methyl/N-ethyl adjacent to an activating group) is 4. The van der Waals surface area contributed by atoms with Gasteiger partial charge in [0, 0.05) is 40.1 Å². The van der Waals surface area contributed by atoms with Crippen molar-refractivity contribution >= 4 is 46.3 Å². The molecular weight excluding hydrogens is 1340 g/mol. The van der Waals surface area contributed by atoms with E-state index < -0.39 is 0 Å². The van der Waals surface area contributed by atoms with Crippen molar-refractivity contribution in [2.45, 2.75) is 144 Å². The third-order valence-corrected chi connectivity index (χ3v) is 18.8. The molecule has 0 radical (unpaired) electrons. The van der Waals surface area contributed by atoms with E-state index in [0.717, 1.165) is 159 Å². The molecule has 0 saturated heterocycles. The molecule has 0 unspecified atom stereocenters. The summed E-state index contributed by atoms with van der Waals surface area (Å²) in [6.45, 7) is 46.9. The van der Waals surface area contributed by atoms with Crippen LogP contribution in [0, 0.1) is 55.4 Å². The molecule has 8 rings (SSSR count). The molecule has 0 spiro atoms. The van der Waals surface area contributed by atoms with Crippen LogP contribution in [0.5, 0.6) is 0 Å². The molecule has 15 nitrogen and oxygen atoms in total. The van der Waals surface area contributed by atoms with Crippen LogP contribution in [0.3, 0.4) is 0 Å². The largest absolute Gasteiger partial charge is 1.00 e. The second-order valence-corrected chi connectivity index (χ2v) is 25.7. The van der Waals surface area contributed by atoms with Crippen LogP contribution in [-0.2, 0) is 30.8 Å². The molecule has 0 saturated carbocycles. The summed E-state index contributed by atoms with van der Waals surface area (Å²) in [5.74, 6) is -0.0443. The Morgan fingerprint density at radius 3 is 0.786 bits per heavy atom. The molecule has 8 aromatic rings. The first kappa shape index (κ1) is 100. The minimum atomic E-state index is -0.0352. The van der Waals surface area contributed by atoms with Gasteiger partial charge in [0.05, 0.1) is 62.9 Å². The number of carbonyl (C=O) groups excluding carboxylic acids is 1. The van der Waals surface area contributed by atoms with Crippen molar-refractivity contribution in [2.24, 2.45) is 15.0 Å². The Kier molecular flexibility index (Phi) is 51.3. The summed E-state index contributed by atoms with van der Waals surface area (Å²) in [6.07, 6.45) is 1.14. The van der Waals surface area contributed by atoms with Gasteiger partial charge in [0.25, 0.3) is 0 Å². The zero-order valence-corrected chi connectivity index (χ0v) is 68.7. The van der Waals surface area contributed by atoms with Gasteiger partial charge in [0.2, 0.25) is 5.91 Å². The minimum absolute atomic E-state index is 0. The molecule has 0 aliphatic rings. The number of amides is 1. The summed E-state index contributed by atoms with van der Waals surface area (Å²) in [5, 5.41) is 41.0. The van der Waals surface area contributed by atoms with Crippen LogP contribution in [0.4, 0.5) is 22.7 Å². The quantitative estimate of drug-likeness (QED) is 0.0283. The average Bonchev–Trinajstić information content (AvgIpc) is 0.849. The number of hydrogen-bond donors (Lipinski definition) is 1. The fourth-order valence-corrected chi connectivity index (χ4v) is 11.9. The number of carbonyl (C=O) groups is 1. The number of para-hydroxylation sites is 4. The van der Waals surface area contributed by atoms with E-state index >= 15 is 0 Å². The molecule has 103 heavy (non-hydrogen) atoms. The number of benzene rings is 8. The Morgan fingerprint density at radius 2 is 0.583 bits per heavy atom. The molecule has 5 N–H and O–H groups in total. The Hall–Kier alpha value is -7.06. The summed E-state index contributed by atoms with van der Waals surface area (Å²) >= 11 is 0. The second-order valence-electron chi connectivity index (χ2n) is 25.7. The van der Waals surface area contributed by atoms with Crippen LogP contribution >= 0.6 is 0 Å². The zero-order chi connectivity index (χ0) is 71.4. The number of nitrogens with one attached hydrogen (secondary N) is 1. The summed E-state index contributed by atoms with van der Waals surface area (Å²) in [5.41, 5.74) is 17.2. The molecule has 0 heterocycles. The van der Waals surface area contributed by atoms with E-state index in [1.54, 1.807) is 0 Å². The number of nitrogens with zero attached hydrogens (tertiary/aromatic N) is 7. The zero-order valence-electron chi connectivity index (χ0n) is 65.2. The molecule has 560 valence electrons. The van der Waals surface area contributed by atoms with Gasteiger partial charge >= 0.3 is 29.6 Å². The van der Waals surface area contributed by atoms with Crippen LogP contribution in [-0.4, -0.2) is 137 Å². The van der Waals surface area contributed by atoms with Crippen molar-refractivity contribution in [3.63, 3.8) is 0 Å². The van der Waals surface area contributed by atoms with Crippen molar-refractivity contribution in [1.29, 1.82) is 0 Å². The summed E-state index contributed by atoms with van der Waals surface area (Å²) < 4.78 is 2.20. The molecule has 0 fully saturated rings. The van der Waals surface area contributed by atoms with Crippen LogP contribution < -0.4 is 75.0 Å².